The fourth-order valence-electron chi connectivity index (χ4n) is 2.26. The van der Waals surface area contributed by atoms with E-state index in [1.165, 1.54) is 19.2 Å². The molecule has 0 aromatic heterocycles. The molecule has 4 nitrogen and oxygen atoms in total. The van der Waals surface area contributed by atoms with E-state index in [4.69, 9.17) is 4.74 Å². The summed E-state index contributed by atoms with van der Waals surface area (Å²) in [5.74, 6) is -2.92. The molecule has 0 aliphatic rings. The zero-order valence-corrected chi connectivity index (χ0v) is 17.7. The van der Waals surface area contributed by atoms with Crippen LogP contribution < -0.4 is 9.47 Å². The number of halogens is 6. The smallest absolute Gasteiger partial charge is 0.461 e. The van der Waals surface area contributed by atoms with Gasteiger partial charge in [0.15, 0.2) is 11.6 Å². The van der Waals surface area contributed by atoms with Gasteiger partial charge in [0.2, 0.25) is 0 Å². The van der Waals surface area contributed by atoms with Crippen LogP contribution in [0.4, 0.5) is 26.3 Å². The van der Waals surface area contributed by atoms with Crippen LogP contribution in [0.1, 0.15) is 31.9 Å². The van der Waals surface area contributed by atoms with Gasteiger partial charge < -0.3 is 14.0 Å². The molecular formula is C20H19F6NO3S. The fourth-order valence-corrected chi connectivity index (χ4v) is 2.91. The number of nitrogens with zero attached hydrogens (tertiary/aromatic N) is 1. The van der Waals surface area contributed by atoms with Gasteiger partial charge in [-0.1, -0.05) is 4.40 Å². The van der Waals surface area contributed by atoms with Crippen molar-refractivity contribution in [1.29, 1.82) is 0 Å². The Bertz CT molecular complexity index is 962. The van der Waals surface area contributed by atoms with Crippen molar-refractivity contribution >= 4 is 17.1 Å². The summed E-state index contributed by atoms with van der Waals surface area (Å²) in [5, 5.41) is 0. The number of hydrogen-bond acceptors (Lipinski definition) is 4. The molecule has 1 atom stereocenters. The van der Waals surface area contributed by atoms with Crippen molar-refractivity contribution in [2.45, 2.75) is 38.1 Å². The molecule has 0 saturated heterocycles. The highest BCUT2D eigenvalue weighted by molar-refractivity contribution is 7.91. The van der Waals surface area contributed by atoms with Crippen molar-refractivity contribution in [2.75, 3.05) is 7.11 Å². The summed E-state index contributed by atoms with van der Waals surface area (Å²) in [7, 11) is 1.20. The van der Waals surface area contributed by atoms with Gasteiger partial charge in [-0.2, -0.15) is 17.6 Å². The van der Waals surface area contributed by atoms with Crippen LogP contribution in [0, 0.1) is 11.6 Å². The lowest BCUT2D eigenvalue weighted by Crippen LogP contribution is -2.33. The first-order chi connectivity index (χ1) is 14.2. The highest BCUT2D eigenvalue weighted by atomic mass is 32.2. The maximum absolute atomic E-state index is 14.1. The van der Waals surface area contributed by atoms with E-state index >= 15 is 0 Å². The Morgan fingerprint density at radius 3 is 2.23 bits per heavy atom. The molecule has 0 N–H and O–H groups in total. The molecule has 31 heavy (non-hydrogen) atoms. The van der Waals surface area contributed by atoms with E-state index in [1.807, 2.05) is 0 Å². The number of alkyl halides is 4. The number of hydrogen-bond donors (Lipinski definition) is 0. The molecule has 0 heterocycles. The number of benzene rings is 2. The van der Waals surface area contributed by atoms with Gasteiger partial charge in [0.05, 0.1) is 7.11 Å². The molecule has 2 rings (SSSR count). The zero-order chi connectivity index (χ0) is 23.6. The molecule has 2 aromatic carbocycles. The molecular weight excluding hydrogens is 448 g/mol. The molecule has 0 fully saturated rings. The van der Waals surface area contributed by atoms with Crippen LogP contribution in [0.2, 0.25) is 0 Å². The summed E-state index contributed by atoms with van der Waals surface area (Å²) in [5.41, 5.74) is -0.254. The molecule has 0 spiro atoms. The molecule has 0 saturated carbocycles. The minimum atomic E-state index is -4.87. The third-order valence-electron chi connectivity index (χ3n) is 3.78. The van der Waals surface area contributed by atoms with Gasteiger partial charge in [0.25, 0.3) is 0 Å². The largest absolute Gasteiger partial charge is 0.591 e. The zero-order valence-electron chi connectivity index (χ0n) is 16.9. The van der Waals surface area contributed by atoms with Crippen molar-refractivity contribution in [3.8, 4) is 11.5 Å². The summed E-state index contributed by atoms with van der Waals surface area (Å²) in [6, 6.07) is 5.63. The fraction of sp³-hybridized carbons (Fsp3) is 0.350. The Hall–Kier alpha value is -2.40. The van der Waals surface area contributed by atoms with Crippen LogP contribution in [0.3, 0.4) is 0 Å². The van der Waals surface area contributed by atoms with Crippen molar-refractivity contribution in [2.24, 2.45) is 4.40 Å². The lowest BCUT2D eigenvalue weighted by Gasteiger charge is -2.20. The second kappa shape index (κ2) is 9.39. The molecule has 0 aliphatic carbocycles. The van der Waals surface area contributed by atoms with Gasteiger partial charge in [0.1, 0.15) is 33.4 Å². The van der Waals surface area contributed by atoms with E-state index in [1.54, 1.807) is 20.8 Å². The predicted octanol–water partition coefficient (Wildman–Crippen LogP) is 5.51. The van der Waals surface area contributed by atoms with Crippen LogP contribution in [0.15, 0.2) is 40.8 Å². The maximum atomic E-state index is 14.1. The van der Waals surface area contributed by atoms with E-state index in [-0.39, 0.29) is 22.6 Å². The third-order valence-corrected chi connectivity index (χ3v) is 5.17. The van der Waals surface area contributed by atoms with Crippen LogP contribution >= 0.6 is 0 Å². The van der Waals surface area contributed by atoms with E-state index in [9.17, 15) is 30.9 Å². The van der Waals surface area contributed by atoms with Crippen LogP contribution in [-0.2, 0) is 11.4 Å². The standard InChI is InChI=1S/C20H19F6NO3S/c1-19(2,3)31(28)27-17(11-5-6-15(22)16(9-11)29-4)12-7-13(21)10-14(8-12)30-20(25,26)18(23)24/h5-10,18H,1-4H3/t31-/m1/s1. The van der Waals surface area contributed by atoms with Crippen molar-refractivity contribution in [1.82, 2.24) is 0 Å². The normalized spacial score (nSPS) is 14.0. The Morgan fingerprint density at radius 2 is 1.68 bits per heavy atom. The monoisotopic (exact) mass is 467 g/mol. The summed E-state index contributed by atoms with van der Waals surface area (Å²) < 4.78 is 104. The molecule has 170 valence electrons. The second-order valence-corrected chi connectivity index (χ2v) is 9.20. The molecule has 0 aliphatic heterocycles. The van der Waals surface area contributed by atoms with Crippen LogP contribution in [-0.4, -0.2) is 34.7 Å². The van der Waals surface area contributed by atoms with E-state index in [0.29, 0.717) is 6.07 Å². The molecule has 0 unspecified atom stereocenters. The van der Waals surface area contributed by atoms with Gasteiger partial charge in [0, 0.05) is 17.2 Å². The Labute approximate surface area is 178 Å². The predicted molar refractivity (Wildman–Crippen MR) is 104 cm³/mol. The van der Waals surface area contributed by atoms with Crippen LogP contribution in [0.5, 0.6) is 11.5 Å². The summed E-state index contributed by atoms with van der Waals surface area (Å²) in [6.45, 7) is 4.83. The van der Waals surface area contributed by atoms with Gasteiger partial charge in [-0.25, -0.2) is 8.78 Å². The first-order valence-corrected chi connectivity index (χ1v) is 9.86. The summed E-state index contributed by atoms with van der Waals surface area (Å²) in [6.07, 6.45) is -9.02. The summed E-state index contributed by atoms with van der Waals surface area (Å²) >= 11 is -1.90. The lowest BCUT2D eigenvalue weighted by atomic mass is 10.0. The Morgan fingerprint density at radius 1 is 1.03 bits per heavy atom. The first kappa shape index (κ1) is 24.9. The van der Waals surface area contributed by atoms with Gasteiger partial charge in [-0.15, -0.1) is 0 Å². The molecule has 0 bridgehead atoms. The van der Waals surface area contributed by atoms with Crippen molar-refractivity contribution in [3.05, 3.63) is 59.2 Å². The third kappa shape index (κ3) is 6.30. The van der Waals surface area contributed by atoms with E-state index in [2.05, 4.69) is 9.13 Å². The summed E-state index contributed by atoms with van der Waals surface area (Å²) in [4.78, 5) is 0. The molecule has 2 aromatic rings. The average Bonchev–Trinajstić information content (AvgIpc) is 2.64. The topological polar surface area (TPSA) is 53.9 Å². The molecule has 0 amide bonds. The minimum Gasteiger partial charge on any atom is -0.591 e. The van der Waals surface area contributed by atoms with E-state index in [0.717, 1.165) is 18.2 Å². The number of ether oxygens (including phenoxy) is 2. The van der Waals surface area contributed by atoms with Gasteiger partial charge >= 0.3 is 12.5 Å². The number of methoxy groups -OCH3 is 1. The van der Waals surface area contributed by atoms with Crippen molar-refractivity contribution in [3.63, 3.8) is 0 Å². The minimum absolute atomic E-state index is 0.119. The molecule has 11 heteroatoms. The lowest BCUT2D eigenvalue weighted by molar-refractivity contribution is -0.253. The quantitative estimate of drug-likeness (QED) is 0.307. The number of rotatable bonds is 7. The first-order valence-electron chi connectivity index (χ1n) is 8.75. The maximum Gasteiger partial charge on any atom is 0.461 e. The Balaban J connectivity index is 2.66. The Kier molecular flexibility index (Phi) is 7.53. The highest BCUT2D eigenvalue weighted by Crippen LogP contribution is 2.31. The van der Waals surface area contributed by atoms with E-state index < -0.39 is 46.0 Å². The average molecular weight is 467 g/mol. The van der Waals surface area contributed by atoms with Crippen LogP contribution in [0.25, 0.3) is 0 Å². The SMILES string of the molecule is COc1cc(C(=N[S@+]([O-])C(C)(C)C)c2cc(F)cc(OC(F)(F)C(F)F)c2)ccc1F. The van der Waals surface area contributed by atoms with Gasteiger partial charge in [-0.05, 0) is 51.1 Å². The van der Waals surface area contributed by atoms with Gasteiger partial charge in [-0.3, -0.25) is 0 Å². The highest BCUT2D eigenvalue weighted by Gasteiger charge is 2.44. The molecule has 0 radical (unpaired) electrons. The second-order valence-electron chi connectivity index (χ2n) is 7.29. The van der Waals surface area contributed by atoms with Crippen molar-refractivity contribution < 1.29 is 40.4 Å².